The highest BCUT2D eigenvalue weighted by atomic mass is 16.3. The van der Waals surface area contributed by atoms with E-state index < -0.39 is 0 Å². The number of aromatic nitrogens is 1. The quantitative estimate of drug-likeness (QED) is 0.899. The van der Waals surface area contributed by atoms with Gasteiger partial charge in [-0.3, -0.25) is 9.78 Å². The summed E-state index contributed by atoms with van der Waals surface area (Å²) in [4.78, 5) is 16.0. The molecule has 0 saturated heterocycles. The Bertz CT molecular complexity index is 520. The minimum atomic E-state index is -0.203. The third kappa shape index (κ3) is 2.77. The second-order valence-electron chi connectivity index (χ2n) is 4.10. The fourth-order valence-electron chi connectivity index (χ4n) is 1.67. The van der Waals surface area contributed by atoms with E-state index in [1.54, 1.807) is 18.5 Å². The second-order valence-corrected chi connectivity index (χ2v) is 4.10. The summed E-state index contributed by atoms with van der Waals surface area (Å²) in [7, 11) is 0. The fourth-order valence-corrected chi connectivity index (χ4v) is 1.67. The molecule has 2 rings (SSSR count). The van der Waals surface area contributed by atoms with E-state index in [4.69, 9.17) is 4.42 Å². The van der Waals surface area contributed by atoms with Crippen LogP contribution in [0.25, 0.3) is 0 Å². The first-order valence-electron chi connectivity index (χ1n) is 6.00. The molecule has 0 spiro atoms. The maximum atomic E-state index is 11.9. The number of carbonyl (C=O) groups excluding carboxylic acids is 1. The van der Waals surface area contributed by atoms with Crippen LogP contribution >= 0.6 is 0 Å². The lowest BCUT2D eigenvalue weighted by Crippen LogP contribution is -2.26. The molecule has 2 aromatic heterocycles. The highest BCUT2D eigenvalue weighted by Crippen LogP contribution is 2.13. The zero-order chi connectivity index (χ0) is 13.0. The largest absolute Gasteiger partial charge is 0.456 e. The molecule has 0 aliphatic rings. The van der Waals surface area contributed by atoms with Gasteiger partial charge in [0.05, 0.1) is 6.04 Å². The molecule has 0 fully saturated rings. The average molecular weight is 244 g/mol. The molecule has 1 N–H and O–H groups in total. The van der Waals surface area contributed by atoms with E-state index in [1.807, 2.05) is 32.0 Å². The molecule has 1 atom stereocenters. The van der Waals surface area contributed by atoms with Crippen molar-refractivity contribution in [3.8, 4) is 0 Å². The minimum absolute atomic E-state index is 0.0959. The maximum Gasteiger partial charge on any atom is 0.287 e. The molecular weight excluding hydrogens is 228 g/mol. The third-order valence-electron chi connectivity index (χ3n) is 2.77. The zero-order valence-corrected chi connectivity index (χ0v) is 10.5. The SMILES string of the molecule is CCc1ccc(C(=O)NC(C)c2cccnc2)o1. The predicted octanol–water partition coefficient (Wildman–Crippen LogP) is 2.73. The Kier molecular flexibility index (Phi) is 3.77. The van der Waals surface area contributed by atoms with Gasteiger partial charge in [0.2, 0.25) is 0 Å². The summed E-state index contributed by atoms with van der Waals surface area (Å²) in [6, 6.07) is 7.20. The minimum Gasteiger partial charge on any atom is -0.456 e. The Morgan fingerprint density at radius 2 is 2.28 bits per heavy atom. The lowest BCUT2D eigenvalue weighted by molar-refractivity contribution is 0.0910. The molecule has 18 heavy (non-hydrogen) atoms. The predicted molar refractivity (Wildman–Crippen MR) is 68.2 cm³/mol. The van der Waals surface area contributed by atoms with Crippen molar-refractivity contribution in [3.05, 3.63) is 53.7 Å². The summed E-state index contributed by atoms with van der Waals surface area (Å²) in [5.41, 5.74) is 0.966. The van der Waals surface area contributed by atoms with Crippen molar-refractivity contribution in [3.63, 3.8) is 0 Å². The van der Waals surface area contributed by atoms with Gasteiger partial charge >= 0.3 is 0 Å². The number of hydrogen-bond donors (Lipinski definition) is 1. The Morgan fingerprint density at radius 3 is 2.89 bits per heavy atom. The van der Waals surface area contributed by atoms with Gasteiger partial charge in [-0.1, -0.05) is 13.0 Å². The number of rotatable bonds is 4. The van der Waals surface area contributed by atoms with Gasteiger partial charge in [0.25, 0.3) is 5.91 Å². The van der Waals surface area contributed by atoms with E-state index in [0.717, 1.165) is 17.7 Å². The first-order valence-corrected chi connectivity index (χ1v) is 6.00. The van der Waals surface area contributed by atoms with Gasteiger partial charge in [-0.2, -0.15) is 0 Å². The molecule has 94 valence electrons. The van der Waals surface area contributed by atoms with Crippen LogP contribution in [0.2, 0.25) is 0 Å². The Balaban J connectivity index is 2.03. The van der Waals surface area contributed by atoms with Crippen LogP contribution in [0.15, 0.2) is 41.1 Å². The van der Waals surface area contributed by atoms with Crippen LogP contribution in [0.5, 0.6) is 0 Å². The molecule has 0 aromatic carbocycles. The molecule has 1 unspecified atom stereocenters. The van der Waals surface area contributed by atoms with Crippen LogP contribution in [0.1, 0.15) is 41.8 Å². The fraction of sp³-hybridized carbons (Fsp3) is 0.286. The standard InChI is InChI=1S/C14H16N2O2/c1-3-12-6-7-13(18-12)14(17)16-10(2)11-5-4-8-15-9-11/h4-10H,3H2,1-2H3,(H,16,17). The van der Waals surface area contributed by atoms with Gasteiger partial charge < -0.3 is 9.73 Å². The van der Waals surface area contributed by atoms with E-state index in [2.05, 4.69) is 10.3 Å². The van der Waals surface area contributed by atoms with Crippen molar-refractivity contribution in [2.45, 2.75) is 26.3 Å². The molecule has 4 nitrogen and oxygen atoms in total. The van der Waals surface area contributed by atoms with Gasteiger partial charge in [-0.05, 0) is 30.7 Å². The van der Waals surface area contributed by atoms with Gasteiger partial charge in [0.15, 0.2) is 5.76 Å². The first kappa shape index (κ1) is 12.4. The normalized spacial score (nSPS) is 12.1. The zero-order valence-electron chi connectivity index (χ0n) is 10.5. The summed E-state index contributed by atoms with van der Waals surface area (Å²) in [6.45, 7) is 3.90. The number of hydrogen-bond acceptors (Lipinski definition) is 3. The molecule has 0 aliphatic carbocycles. The third-order valence-corrected chi connectivity index (χ3v) is 2.77. The van der Waals surface area contributed by atoms with Crippen LogP contribution in [0.3, 0.4) is 0 Å². The second kappa shape index (κ2) is 5.49. The Morgan fingerprint density at radius 1 is 1.44 bits per heavy atom. The van der Waals surface area contributed by atoms with Crippen LogP contribution in [-0.4, -0.2) is 10.9 Å². The van der Waals surface area contributed by atoms with Crippen LogP contribution in [0, 0.1) is 0 Å². The lowest BCUT2D eigenvalue weighted by Gasteiger charge is -2.12. The van der Waals surface area contributed by atoms with Crippen LogP contribution in [0.4, 0.5) is 0 Å². The van der Waals surface area contributed by atoms with Gasteiger partial charge in [-0.25, -0.2) is 0 Å². The van der Waals surface area contributed by atoms with Crippen molar-refractivity contribution in [2.24, 2.45) is 0 Å². The van der Waals surface area contributed by atoms with E-state index >= 15 is 0 Å². The molecule has 2 aromatic rings. The number of nitrogens with zero attached hydrogens (tertiary/aromatic N) is 1. The van der Waals surface area contributed by atoms with Crippen molar-refractivity contribution >= 4 is 5.91 Å². The number of nitrogens with one attached hydrogen (secondary N) is 1. The average Bonchev–Trinajstić information content (AvgIpc) is 2.88. The molecule has 0 bridgehead atoms. The molecule has 2 heterocycles. The van der Waals surface area contributed by atoms with Crippen molar-refractivity contribution in [1.29, 1.82) is 0 Å². The summed E-state index contributed by atoms with van der Waals surface area (Å²) in [5.74, 6) is 0.961. The Labute approximate surface area is 106 Å². The monoisotopic (exact) mass is 244 g/mol. The summed E-state index contributed by atoms with van der Waals surface area (Å²) in [5, 5.41) is 2.88. The van der Waals surface area contributed by atoms with Gasteiger partial charge in [-0.15, -0.1) is 0 Å². The molecule has 0 aliphatic heterocycles. The molecule has 4 heteroatoms. The van der Waals surface area contributed by atoms with E-state index in [0.29, 0.717) is 5.76 Å². The smallest absolute Gasteiger partial charge is 0.287 e. The highest BCUT2D eigenvalue weighted by Gasteiger charge is 2.14. The van der Waals surface area contributed by atoms with Crippen LogP contribution < -0.4 is 5.32 Å². The van der Waals surface area contributed by atoms with Gasteiger partial charge in [0.1, 0.15) is 5.76 Å². The topological polar surface area (TPSA) is 55.1 Å². The summed E-state index contributed by atoms with van der Waals surface area (Å²) >= 11 is 0. The van der Waals surface area contributed by atoms with Crippen molar-refractivity contribution < 1.29 is 9.21 Å². The first-order chi connectivity index (χ1) is 8.70. The molecule has 1 amide bonds. The molecular formula is C14H16N2O2. The van der Waals surface area contributed by atoms with Crippen molar-refractivity contribution in [2.75, 3.05) is 0 Å². The van der Waals surface area contributed by atoms with Crippen LogP contribution in [-0.2, 0) is 6.42 Å². The van der Waals surface area contributed by atoms with Gasteiger partial charge in [0, 0.05) is 18.8 Å². The Hall–Kier alpha value is -2.10. The number of aryl methyl sites for hydroxylation is 1. The molecule has 0 radical (unpaired) electrons. The highest BCUT2D eigenvalue weighted by molar-refractivity contribution is 5.91. The molecule has 0 saturated carbocycles. The van der Waals surface area contributed by atoms with E-state index in [-0.39, 0.29) is 11.9 Å². The lowest BCUT2D eigenvalue weighted by atomic mass is 10.1. The number of pyridine rings is 1. The van der Waals surface area contributed by atoms with Crippen molar-refractivity contribution in [1.82, 2.24) is 10.3 Å². The number of amides is 1. The summed E-state index contributed by atoms with van der Waals surface area (Å²) in [6.07, 6.45) is 4.23. The number of furan rings is 1. The number of carbonyl (C=O) groups is 1. The van der Waals surface area contributed by atoms with E-state index in [9.17, 15) is 4.79 Å². The maximum absolute atomic E-state index is 11.9. The summed E-state index contributed by atoms with van der Waals surface area (Å²) < 4.78 is 5.40. The van der Waals surface area contributed by atoms with E-state index in [1.165, 1.54) is 0 Å².